The summed E-state index contributed by atoms with van der Waals surface area (Å²) in [7, 11) is 0. The molecule has 20 heavy (non-hydrogen) atoms. The smallest absolute Gasteiger partial charge is 0.321 e. The Balaban J connectivity index is 0.00000361. The number of nitrogens with two attached hydrogens (primary N) is 1. The minimum atomic E-state index is -0.481. The Bertz CT molecular complexity index is 336. The molecule has 4 N–H and O–H groups in total. The Morgan fingerprint density at radius 1 is 1.55 bits per heavy atom. The van der Waals surface area contributed by atoms with E-state index < -0.39 is 6.03 Å². The van der Waals surface area contributed by atoms with E-state index in [9.17, 15) is 9.59 Å². The molecule has 0 aromatic carbocycles. The number of carbonyl (C=O) groups excluding carboxylic acids is 2. The maximum absolute atomic E-state index is 11.7. The van der Waals surface area contributed by atoms with Gasteiger partial charge in [-0.3, -0.25) is 15.0 Å². The van der Waals surface area contributed by atoms with E-state index in [4.69, 9.17) is 5.73 Å². The molecule has 6 nitrogen and oxygen atoms in total. The number of urea groups is 1. The lowest BCUT2D eigenvalue weighted by atomic mass is 9.92. The highest BCUT2D eigenvalue weighted by Gasteiger charge is 2.24. The van der Waals surface area contributed by atoms with Crippen molar-refractivity contribution in [1.29, 1.82) is 0 Å². The number of rotatable bonds is 5. The third-order valence-electron chi connectivity index (χ3n) is 3.31. The maximum Gasteiger partial charge on any atom is 0.321 e. The summed E-state index contributed by atoms with van der Waals surface area (Å²) in [5.74, 6) is 0.142. The zero-order valence-electron chi connectivity index (χ0n) is 11.9. The molecule has 0 aromatic heterocycles. The van der Waals surface area contributed by atoms with Crippen molar-refractivity contribution >= 4 is 24.3 Å². The van der Waals surface area contributed by atoms with Crippen LogP contribution in [0, 0.1) is 5.92 Å². The van der Waals surface area contributed by atoms with Crippen molar-refractivity contribution in [2.45, 2.75) is 25.8 Å². The van der Waals surface area contributed by atoms with Crippen LogP contribution in [0.5, 0.6) is 0 Å². The van der Waals surface area contributed by atoms with Crippen LogP contribution in [0.15, 0.2) is 12.7 Å². The van der Waals surface area contributed by atoms with Gasteiger partial charge in [0.1, 0.15) is 0 Å². The molecular formula is C13H25ClN4O2. The molecule has 1 aliphatic rings. The lowest BCUT2D eigenvalue weighted by Crippen LogP contribution is -2.48. The fraction of sp³-hybridized carbons (Fsp3) is 0.692. The number of hydrogen-bond acceptors (Lipinski definition) is 4. The molecule has 0 saturated carbocycles. The van der Waals surface area contributed by atoms with E-state index in [1.54, 1.807) is 6.08 Å². The maximum atomic E-state index is 11.7. The fourth-order valence-electron chi connectivity index (χ4n) is 2.24. The highest BCUT2D eigenvalue weighted by atomic mass is 35.5. The first-order chi connectivity index (χ1) is 9.02. The van der Waals surface area contributed by atoms with Crippen LogP contribution in [0.4, 0.5) is 4.79 Å². The second-order valence-electron chi connectivity index (χ2n) is 5.04. The van der Waals surface area contributed by atoms with Crippen LogP contribution in [0.25, 0.3) is 0 Å². The van der Waals surface area contributed by atoms with Crippen LogP contribution in [0.1, 0.15) is 19.8 Å². The van der Waals surface area contributed by atoms with E-state index in [1.807, 2.05) is 11.8 Å². The fourth-order valence-corrected chi connectivity index (χ4v) is 2.24. The standard InChI is InChI=1S/C13H24N4O2.ClH/c1-3-6-15-13(19)16-12(18)9-17-7-4-5-11(8-17)10(2)14;/h3,10-11H,1,4-9,14H2,2H3,(H2,15,16,18,19);1H. The molecule has 2 unspecified atom stereocenters. The summed E-state index contributed by atoms with van der Waals surface area (Å²) in [5, 5.41) is 4.80. The van der Waals surface area contributed by atoms with E-state index in [0.29, 0.717) is 12.5 Å². The van der Waals surface area contributed by atoms with Gasteiger partial charge in [0.05, 0.1) is 6.54 Å². The normalized spacial score (nSPS) is 20.4. The first-order valence-electron chi connectivity index (χ1n) is 6.69. The minimum Gasteiger partial charge on any atom is -0.334 e. The quantitative estimate of drug-likeness (QED) is 0.645. The number of imide groups is 1. The van der Waals surface area contributed by atoms with Gasteiger partial charge in [-0.15, -0.1) is 19.0 Å². The average molecular weight is 305 g/mol. The Hall–Kier alpha value is -1.11. The predicted molar refractivity (Wildman–Crippen MR) is 81.8 cm³/mol. The third-order valence-corrected chi connectivity index (χ3v) is 3.31. The van der Waals surface area contributed by atoms with Gasteiger partial charge in [-0.1, -0.05) is 6.08 Å². The zero-order chi connectivity index (χ0) is 14.3. The number of hydrogen-bond donors (Lipinski definition) is 3. The first kappa shape index (κ1) is 18.9. The van der Waals surface area contributed by atoms with E-state index in [2.05, 4.69) is 17.2 Å². The molecule has 3 amide bonds. The highest BCUT2D eigenvalue weighted by Crippen LogP contribution is 2.18. The van der Waals surface area contributed by atoms with Gasteiger partial charge in [-0.05, 0) is 32.2 Å². The van der Waals surface area contributed by atoms with Gasteiger partial charge in [-0.25, -0.2) is 4.79 Å². The van der Waals surface area contributed by atoms with Crippen LogP contribution in [-0.2, 0) is 4.79 Å². The second-order valence-corrected chi connectivity index (χ2v) is 5.04. The molecule has 1 fully saturated rings. The lowest BCUT2D eigenvalue weighted by Gasteiger charge is -2.34. The number of piperidine rings is 1. The molecule has 1 heterocycles. The van der Waals surface area contributed by atoms with Gasteiger partial charge in [-0.2, -0.15) is 0 Å². The molecule has 0 aliphatic carbocycles. The molecule has 1 rings (SSSR count). The minimum absolute atomic E-state index is 0. The number of nitrogens with one attached hydrogen (secondary N) is 2. The summed E-state index contributed by atoms with van der Waals surface area (Å²) in [6, 6.07) is -0.340. The van der Waals surface area contributed by atoms with E-state index in [-0.39, 0.29) is 30.9 Å². The van der Waals surface area contributed by atoms with Crippen LogP contribution in [-0.4, -0.2) is 49.1 Å². The highest BCUT2D eigenvalue weighted by molar-refractivity contribution is 5.95. The molecule has 0 radical (unpaired) electrons. The largest absolute Gasteiger partial charge is 0.334 e. The van der Waals surface area contributed by atoms with Gasteiger partial charge >= 0.3 is 6.03 Å². The average Bonchev–Trinajstić information content (AvgIpc) is 2.36. The summed E-state index contributed by atoms with van der Waals surface area (Å²) < 4.78 is 0. The Morgan fingerprint density at radius 2 is 2.25 bits per heavy atom. The van der Waals surface area contributed by atoms with Crippen LogP contribution in [0.3, 0.4) is 0 Å². The van der Waals surface area contributed by atoms with Crippen LogP contribution in [0.2, 0.25) is 0 Å². The van der Waals surface area contributed by atoms with Crippen molar-refractivity contribution in [3.8, 4) is 0 Å². The Morgan fingerprint density at radius 3 is 2.85 bits per heavy atom. The van der Waals surface area contributed by atoms with Crippen molar-refractivity contribution < 1.29 is 9.59 Å². The summed E-state index contributed by atoms with van der Waals surface area (Å²) in [5.41, 5.74) is 5.90. The molecule has 1 saturated heterocycles. The van der Waals surface area contributed by atoms with Crippen molar-refractivity contribution in [2.75, 3.05) is 26.2 Å². The van der Waals surface area contributed by atoms with Gasteiger partial charge in [0, 0.05) is 19.1 Å². The lowest BCUT2D eigenvalue weighted by molar-refractivity contribution is -0.121. The summed E-state index contributed by atoms with van der Waals surface area (Å²) in [6.45, 7) is 7.76. The first-order valence-corrected chi connectivity index (χ1v) is 6.69. The molecule has 7 heteroatoms. The van der Waals surface area contributed by atoms with Crippen molar-refractivity contribution in [1.82, 2.24) is 15.5 Å². The number of carbonyl (C=O) groups is 2. The summed E-state index contributed by atoms with van der Waals surface area (Å²) in [6.07, 6.45) is 3.71. The van der Waals surface area contributed by atoms with Gasteiger partial charge < -0.3 is 11.1 Å². The summed E-state index contributed by atoms with van der Waals surface area (Å²) >= 11 is 0. The Kier molecular flexibility index (Phi) is 9.20. The van der Waals surface area contributed by atoms with Crippen molar-refractivity contribution in [3.63, 3.8) is 0 Å². The summed E-state index contributed by atoms with van der Waals surface area (Å²) in [4.78, 5) is 25.0. The van der Waals surface area contributed by atoms with Crippen molar-refractivity contribution in [3.05, 3.63) is 12.7 Å². The Labute approximate surface area is 126 Å². The molecule has 2 atom stereocenters. The molecular weight excluding hydrogens is 280 g/mol. The molecule has 116 valence electrons. The monoisotopic (exact) mass is 304 g/mol. The van der Waals surface area contributed by atoms with E-state index in [0.717, 1.165) is 25.9 Å². The predicted octanol–water partition coefficient (Wildman–Crippen LogP) is 0.479. The van der Waals surface area contributed by atoms with E-state index >= 15 is 0 Å². The van der Waals surface area contributed by atoms with E-state index in [1.165, 1.54) is 0 Å². The van der Waals surface area contributed by atoms with Crippen LogP contribution < -0.4 is 16.4 Å². The second kappa shape index (κ2) is 9.74. The third kappa shape index (κ3) is 6.88. The van der Waals surface area contributed by atoms with Gasteiger partial charge in [0.25, 0.3) is 0 Å². The number of likely N-dealkylation sites (tertiary alicyclic amines) is 1. The topological polar surface area (TPSA) is 87.5 Å². The zero-order valence-corrected chi connectivity index (χ0v) is 12.7. The van der Waals surface area contributed by atoms with Gasteiger partial charge in [0.15, 0.2) is 0 Å². The van der Waals surface area contributed by atoms with Crippen LogP contribution >= 0.6 is 12.4 Å². The number of amides is 3. The number of halogens is 1. The molecule has 1 aliphatic heterocycles. The SMILES string of the molecule is C=CCNC(=O)NC(=O)CN1CCCC(C(C)N)C1.Cl. The molecule has 0 spiro atoms. The van der Waals surface area contributed by atoms with Crippen molar-refractivity contribution in [2.24, 2.45) is 11.7 Å². The van der Waals surface area contributed by atoms with Gasteiger partial charge in [0.2, 0.25) is 5.91 Å². The molecule has 0 aromatic rings. The number of nitrogens with zero attached hydrogens (tertiary/aromatic N) is 1. The molecule has 0 bridgehead atoms.